The zero-order valence-corrected chi connectivity index (χ0v) is 14.1. The Balaban J connectivity index is 1.82. The van der Waals surface area contributed by atoms with E-state index in [1.165, 1.54) is 6.42 Å². The van der Waals surface area contributed by atoms with Crippen molar-refractivity contribution >= 4 is 11.8 Å². The molecule has 1 aromatic carbocycles. The molecule has 0 aliphatic heterocycles. The number of hydrogen-bond donors (Lipinski definition) is 2. The number of carbonyl (C=O) groups is 2. The summed E-state index contributed by atoms with van der Waals surface area (Å²) in [6.07, 6.45) is 4.47. The number of benzene rings is 1. The highest BCUT2D eigenvalue weighted by atomic mass is 16.5. The van der Waals surface area contributed by atoms with Crippen LogP contribution in [-0.4, -0.2) is 17.9 Å². The molecule has 5 heteroatoms. The zero-order valence-electron chi connectivity index (χ0n) is 14.1. The van der Waals surface area contributed by atoms with E-state index in [9.17, 15) is 9.59 Å². The maximum Gasteiger partial charge on any atom is 0.279 e. The second kappa shape index (κ2) is 7.99. The number of amides is 2. The molecule has 0 saturated heterocycles. The second-order valence-corrected chi connectivity index (χ2v) is 6.27. The van der Waals surface area contributed by atoms with Crippen LogP contribution in [0.4, 0.5) is 0 Å². The third kappa shape index (κ3) is 4.71. The Hall–Kier alpha value is -2.04. The van der Waals surface area contributed by atoms with Crippen molar-refractivity contribution in [2.75, 3.05) is 0 Å². The van der Waals surface area contributed by atoms with Gasteiger partial charge in [0.15, 0.2) is 6.10 Å². The van der Waals surface area contributed by atoms with Gasteiger partial charge in [0.1, 0.15) is 5.75 Å². The molecule has 2 rings (SSSR count). The molecular formula is C18H26N2O3. The lowest BCUT2D eigenvalue weighted by molar-refractivity contribution is -0.134. The summed E-state index contributed by atoms with van der Waals surface area (Å²) in [4.78, 5) is 24.1. The number of nitrogens with one attached hydrogen (secondary N) is 2. The molecule has 0 heterocycles. The van der Waals surface area contributed by atoms with Crippen LogP contribution in [0.3, 0.4) is 0 Å². The lowest BCUT2D eigenvalue weighted by Crippen LogP contribution is -2.49. The molecule has 1 saturated carbocycles. The van der Waals surface area contributed by atoms with Crippen LogP contribution >= 0.6 is 0 Å². The number of hydrazine groups is 1. The monoisotopic (exact) mass is 318 g/mol. The van der Waals surface area contributed by atoms with Gasteiger partial charge in [0, 0.05) is 5.92 Å². The van der Waals surface area contributed by atoms with Crippen LogP contribution in [0.25, 0.3) is 0 Å². The minimum absolute atomic E-state index is 0.0132. The van der Waals surface area contributed by atoms with Crippen LogP contribution < -0.4 is 15.6 Å². The predicted molar refractivity (Wildman–Crippen MR) is 88.9 cm³/mol. The van der Waals surface area contributed by atoms with Gasteiger partial charge in [-0.3, -0.25) is 20.4 Å². The highest BCUT2D eigenvalue weighted by Crippen LogP contribution is 2.23. The first-order valence-electron chi connectivity index (χ1n) is 8.31. The standard InChI is InChI=1S/C18H26N2O3/c1-12-8-7-11-16(13(12)2)23-14(3)17(21)19-20-18(22)15-9-5-4-6-10-15/h7-8,11,14-15H,4-6,9-10H2,1-3H3,(H,19,21)(H,20,22)/t14-/m1/s1. The maximum absolute atomic E-state index is 12.1. The quantitative estimate of drug-likeness (QED) is 0.839. The zero-order chi connectivity index (χ0) is 16.8. The summed E-state index contributed by atoms with van der Waals surface area (Å²) in [7, 11) is 0. The van der Waals surface area contributed by atoms with E-state index in [0.29, 0.717) is 5.75 Å². The lowest BCUT2D eigenvalue weighted by Gasteiger charge is -2.22. The molecule has 2 N–H and O–H groups in total. The van der Waals surface area contributed by atoms with Gasteiger partial charge in [0.2, 0.25) is 5.91 Å². The molecule has 5 nitrogen and oxygen atoms in total. The van der Waals surface area contributed by atoms with Gasteiger partial charge in [-0.05, 0) is 50.8 Å². The van der Waals surface area contributed by atoms with E-state index >= 15 is 0 Å². The number of carbonyl (C=O) groups excluding carboxylic acids is 2. The van der Waals surface area contributed by atoms with Crippen LogP contribution in [0.15, 0.2) is 18.2 Å². The Morgan fingerprint density at radius 2 is 1.83 bits per heavy atom. The Morgan fingerprint density at radius 3 is 2.52 bits per heavy atom. The summed E-state index contributed by atoms with van der Waals surface area (Å²) in [6, 6.07) is 5.73. The number of aryl methyl sites for hydroxylation is 1. The highest BCUT2D eigenvalue weighted by Gasteiger charge is 2.22. The van der Waals surface area contributed by atoms with E-state index in [2.05, 4.69) is 10.9 Å². The fourth-order valence-corrected chi connectivity index (χ4v) is 2.79. The van der Waals surface area contributed by atoms with E-state index in [-0.39, 0.29) is 17.7 Å². The number of rotatable bonds is 4. The largest absolute Gasteiger partial charge is 0.481 e. The van der Waals surface area contributed by atoms with Gasteiger partial charge >= 0.3 is 0 Å². The van der Waals surface area contributed by atoms with Crippen molar-refractivity contribution in [3.05, 3.63) is 29.3 Å². The van der Waals surface area contributed by atoms with Gasteiger partial charge in [0.05, 0.1) is 0 Å². The minimum atomic E-state index is -0.679. The average molecular weight is 318 g/mol. The molecule has 1 aromatic rings. The van der Waals surface area contributed by atoms with Gasteiger partial charge in [-0.1, -0.05) is 31.4 Å². The van der Waals surface area contributed by atoms with Crippen molar-refractivity contribution in [1.29, 1.82) is 0 Å². The van der Waals surface area contributed by atoms with Gasteiger partial charge < -0.3 is 4.74 Å². The summed E-state index contributed by atoms with van der Waals surface area (Å²) in [5.41, 5.74) is 7.12. The van der Waals surface area contributed by atoms with Crippen molar-refractivity contribution in [1.82, 2.24) is 10.9 Å². The molecular weight excluding hydrogens is 292 g/mol. The third-order valence-electron chi connectivity index (χ3n) is 4.51. The smallest absolute Gasteiger partial charge is 0.279 e. The summed E-state index contributed by atoms with van der Waals surface area (Å²) < 4.78 is 5.70. The van der Waals surface area contributed by atoms with Crippen molar-refractivity contribution < 1.29 is 14.3 Å². The van der Waals surface area contributed by atoms with Gasteiger partial charge in [-0.2, -0.15) is 0 Å². The number of ether oxygens (including phenoxy) is 1. The van der Waals surface area contributed by atoms with Gasteiger partial charge in [-0.15, -0.1) is 0 Å². The molecule has 126 valence electrons. The average Bonchev–Trinajstić information content (AvgIpc) is 2.57. The fourth-order valence-electron chi connectivity index (χ4n) is 2.79. The summed E-state index contributed by atoms with van der Waals surface area (Å²) >= 11 is 0. The fraction of sp³-hybridized carbons (Fsp3) is 0.556. The van der Waals surface area contributed by atoms with Crippen molar-refractivity contribution in [3.63, 3.8) is 0 Å². The van der Waals surface area contributed by atoms with Crippen LogP contribution in [0, 0.1) is 19.8 Å². The molecule has 23 heavy (non-hydrogen) atoms. The first-order valence-corrected chi connectivity index (χ1v) is 8.31. The van der Waals surface area contributed by atoms with Gasteiger partial charge in [-0.25, -0.2) is 0 Å². The van der Waals surface area contributed by atoms with Crippen molar-refractivity contribution in [3.8, 4) is 5.75 Å². The Bertz CT molecular complexity index is 565. The first kappa shape index (κ1) is 17.3. The summed E-state index contributed by atoms with van der Waals surface area (Å²) in [5, 5.41) is 0. The van der Waals surface area contributed by atoms with E-state index in [4.69, 9.17) is 4.74 Å². The van der Waals surface area contributed by atoms with E-state index in [1.54, 1.807) is 6.92 Å². The Kier molecular flexibility index (Phi) is 6.02. The molecule has 1 aliphatic rings. The molecule has 1 atom stereocenters. The molecule has 0 spiro atoms. The second-order valence-electron chi connectivity index (χ2n) is 6.27. The first-order chi connectivity index (χ1) is 11.0. The minimum Gasteiger partial charge on any atom is -0.481 e. The molecule has 1 fully saturated rings. The Morgan fingerprint density at radius 1 is 1.13 bits per heavy atom. The van der Waals surface area contributed by atoms with Crippen LogP contribution in [-0.2, 0) is 9.59 Å². The summed E-state index contributed by atoms with van der Waals surface area (Å²) in [5.74, 6) is 0.248. The maximum atomic E-state index is 12.1. The third-order valence-corrected chi connectivity index (χ3v) is 4.51. The van der Waals surface area contributed by atoms with Crippen molar-refractivity contribution in [2.24, 2.45) is 5.92 Å². The van der Waals surface area contributed by atoms with Crippen LogP contribution in [0.5, 0.6) is 5.75 Å². The topological polar surface area (TPSA) is 67.4 Å². The molecule has 0 aromatic heterocycles. The van der Waals surface area contributed by atoms with E-state index < -0.39 is 6.10 Å². The van der Waals surface area contributed by atoms with Gasteiger partial charge in [0.25, 0.3) is 5.91 Å². The molecule has 1 aliphatic carbocycles. The SMILES string of the molecule is Cc1cccc(O[C@H](C)C(=O)NNC(=O)C2CCCCC2)c1C. The molecule has 2 amide bonds. The molecule has 0 unspecified atom stereocenters. The Labute approximate surface area is 137 Å². The number of hydrogen-bond acceptors (Lipinski definition) is 3. The molecule has 0 bridgehead atoms. The van der Waals surface area contributed by atoms with E-state index in [0.717, 1.165) is 36.8 Å². The molecule has 0 radical (unpaired) electrons. The lowest BCUT2D eigenvalue weighted by atomic mass is 9.89. The summed E-state index contributed by atoms with van der Waals surface area (Å²) in [6.45, 7) is 5.63. The predicted octanol–water partition coefficient (Wildman–Crippen LogP) is 2.80. The normalized spacial score (nSPS) is 16.5. The van der Waals surface area contributed by atoms with Crippen molar-refractivity contribution in [2.45, 2.75) is 59.0 Å². The van der Waals surface area contributed by atoms with Crippen LogP contribution in [0.1, 0.15) is 50.2 Å². The van der Waals surface area contributed by atoms with E-state index in [1.807, 2.05) is 32.0 Å². The highest BCUT2D eigenvalue weighted by molar-refractivity contribution is 5.85. The van der Waals surface area contributed by atoms with Crippen LogP contribution in [0.2, 0.25) is 0 Å².